The molecule has 0 fully saturated rings. The first kappa shape index (κ1) is 23.3. The van der Waals surface area contributed by atoms with Crippen LogP contribution in [0.4, 0.5) is 4.79 Å². The molecule has 3 atom stereocenters. The molecule has 1 aromatic carbocycles. The number of amides is 1. The zero-order valence-corrected chi connectivity index (χ0v) is 18.7. The van der Waals surface area contributed by atoms with Crippen LogP contribution in [0, 0.1) is 11.8 Å². The molecule has 0 saturated heterocycles. The Kier molecular flexibility index (Phi) is 9.58. The van der Waals surface area contributed by atoms with Gasteiger partial charge in [-0.2, -0.15) is 11.8 Å². The smallest absolute Gasteiger partial charge is 0.408 e. The molecule has 0 aliphatic heterocycles. The first-order valence-corrected chi connectivity index (χ1v) is 11.4. The molecule has 0 spiro atoms. The summed E-state index contributed by atoms with van der Waals surface area (Å²) in [7, 11) is 0. The van der Waals surface area contributed by atoms with Crippen LogP contribution in [0.2, 0.25) is 0 Å². The molecule has 160 valence electrons. The Morgan fingerprint density at radius 1 is 1.21 bits per heavy atom. The molecule has 1 N–H and O–H groups in total. The summed E-state index contributed by atoms with van der Waals surface area (Å²) in [6.07, 6.45) is 4.00. The molecule has 0 heterocycles. The summed E-state index contributed by atoms with van der Waals surface area (Å²) in [6.45, 7) is 8.85. The Balaban J connectivity index is 1.95. The third-order valence-corrected chi connectivity index (χ3v) is 6.53. The number of allylic oxidation sites excluding steroid dienone is 1. The van der Waals surface area contributed by atoms with Crippen LogP contribution < -0.4 is 5.32 Å². The molecule has 2 rings (SSSR count). The topological polar surface area (TPSA) is 64.6 Å². The van der Waals surface area contributed by atoms with E-state index in [1.165, 1.54) is 5.57 Å². The Bertz CT molecular complexity index is 689. The standard InChI is InChI=1S/C23H33NO4S/c1-5-27-22(25)20(24-23(26)28-14-18-9-7-6-8-10-18)15-29-21-13-17(4)11-12-19(21)16(2)3/h6-10,13,16,19-21H,5,11-12,14-15H2,1-4H3,(H,24,26)/t19?,20-,21?/m0/s1. The highest BCUT2D eigenvalue weighted by Crippen LogP contribution is 2.36. The SMILES string of the molecule is CCOC(=O)[C@H](CSC1C=C(C)CCC1C(C)C)NC(=O)OCc1ccccc1. The average molecular weight is 420 g/mol. The quantitative estimate of drug-likeness (QED) is 0.453. The van der Waals surface area contributed by atoms with Crippen LogP contribution in [0.3, 0.4) is 0 Å². The van der Waals surface area contributed by atoms with Crippen molar-refractivity contribution in [2.75, 3.05) is 12.4 Å². The lowest BCUT2D eigenvalue weighted by molar-refractivity contribution is -0.144. The van der Waals surface area contributed by atoms with Crippen molar-refractivity contribution in [1.82, 2.24) is 5.32 Å². The monoisotopic (exact) mass is 419 g/mol. The summed E-state index contributed by atoms with van der Waals surface area (Å²) in [6, 6.07) is 8.72. The second-order valence-corrected chi connectivity index (χ2v) is 8.98. The van der Waals surface area contributed by atoms with Gasteiger partial charge in [0.05, 0.1) is 6.61 Å². The van der Waals surface area contributed by atoms with Crippen molar-refractivity contribution in [2.45, 2.75) is 58.4 Å². The van der Waals surface area contributed by atoms with Crippen molar-refractivity contribution in [2.24, 2.45) is 11.8 Å². The minimum Gasteiger partial charge on any atom is -0.464 e. The van der Waals surface area contributed by atoms with Crippen molar-refractivity contribution in [3.05, 3.63) is 47.5 Å². The fourth-order valence-electron chi connectivity index (χ4n) is 3.46. The van der Waals surface area contributed by atoms with Gasteiger partial charge < -0.3 is 14.8 Å². The lowest BCUT2D eigenvalue weighted by Gasteiger charge is -2.33. The maximum Gasteiger partial charge on any atom is 0.408 e. The fraction of sp³-hybridized carbons (Fsp3) is 0.565. The third kappa shape index (κ3) is 7.77. The van der Waals surface area contributed by atoms with Gasteiger partial charge in [0.25, 0.3) is 0 Å². The van der Waals surface area contributed by atoms with E-state index in [-0.39, 0.29) is 13.2 Å². The summed E-state index contributed by atoms with van der Waals surface area (Å²) in [5, 5.41) is 3.03. The van der Waals surface area contributed by atoms with Gasteiger partial charge in [-0.05, 0) is 44.1 Å². The number of esters is 1. The van der Waals surface area contributed by atoms with Gasteiger partial charge in [0.1, 0.15) is 12.6 Å². The number of thioether (sulfide) groups is 1. The molecule has 29 heavy (non-hydrogen) atoms. The number of nitrogens with one attached hydrogen (secondary N) is 1. The highest BCUT2D eigenvalue weighted by Gasteiger charge is 2.30. The second kappa shape index (κ2) is 11.9. The van der Waals surface area contributed by atoms with E-state index in [4.69, 9.17) is 9.47 Å². The van der Waals surface area contributed by atoms with Crippen LogP contribution in [0.1, 0.15) is 46.1 Å². The molecule has 0 aromatic heterocycles. The molecule has 6 heteroatoms. The van der Waals surface area contributed by atoms with E-state index in [0.717, 1.165) is 18.4 Å². The Hall–Kier alpha value is -1.95. The number of rotatable bonds is 9. The highest BCUT2D eigenvalue weighted by molar-refractivity contribution is 8.00. The van der Waals surface area contributed by atoms with Crippen LogP contribution in [0.15, 0.2) is 42.0 Å². The number of hydrogen-bond donors (Lipinski definition) is 1. The highest BCUT2D eigenvalue weighted by atomic mass is 32.2. The van der Waals surface area contributed by atoms with Crippen LogP contribution in [-0.2, 0) is 20.9 Å². The molecular formula is C23H33NO4S. The predicted octanol–water partition coefficient (Wildman–Crippen LogP) is 4.96. The van der Waals surface area contributed by atoms with Crippen LogP contribution in [-0.4, -0.2) is 35.7 Å². The van der Waals surface area contributed by atoms with E-state index in [9.17, 15) is 9.59 Å². The molecule has 0 saturated carbocycles. The van der Waals surface area contributed by atoms with E-state index < -0.39 is 18.1 Å². The van der Waals surface area contributed by atoms with E-state index >= 15 is 0 Å². The first-order chi connectivity index (χ1) is 13.9. The maximum atomic E-state index is 12.4. The number of carbonyl (C=O) groups is 2. The summed E-state index contributed by atoms with van der Waals surface area (Å²) in [5.74, 6) is 1.17. The molecular weight excluding hydrogens is 386 g/mol. The van der Waals surface area contributed by atoms with Gasteiger partial charge in [0.2, 0.25) is 0 Å². The number of hydrogen-bond acceptors (Lipinski definition) is 5. The Labute approximate surface area is 178 Å². The van der Waals surface area contributed by atoms with E-state index in [1.54, 1.807) is 18.7 Å². The van der Waals surface area contributed by atoms with Gasteiger partial charge in [-0.3, -0.25) is 0 Å². The minimum atomic E-state index is -0.730. The normalized spacial score (nSPS) is 20.0. The Morgan fingerprint density at radius 3 is 2.59 bits per heavy atom. The number of benzene rings is 1. The zero-order valence-electron chi connectivity index (χ0n) is 17.9. The van der Waals surface area contributed by atoms with Crippen molar-refractivity contribution in [3.8, 4) is 0 Å². The van der Waals surface area contributed by atoms with Crippen LogP contribution >= 0.6 is 11.8 Å². The van der Waals surface area contributed by atoms with Crippen molar-refractivity contribution < 1.29 is 19.1 Å². The molecule has 0 bridgehead atoms. The largest absolute Gasteiger partial charge is 0.464 e. The van der Waals surface area contributed by atoms with Gasteiger partial charge in [-0.25, -0.2) is 9.59 Å². The molecule has 1 aromatic rings. The van der Waals surface area contributed by atoms with Crippen molar-refractivity contribution >= 4 is 23.8 Å². The minimum absolute atomic E-state index is 0.162. The predicted molar refractivity (Wildman–Crippen MR) is 118 cm³/mol. The lowest BCUT2D eigenvalue weighted by Crippen LogP contribution is -2.44. The summed E-state index contributed by atoms with van der Waals surface area (Å²) < 4.78 is 10.4. The Morgan fingerprint density at radius 2 is 1.93 bits per heavy atom. The summed E-state index contributed by atoms with van der Waals surface area (Å²) in [5.41, 5.74) is 2.29. The van der Waals surface area contributed by atoms with Gasteiger partial charge >= 0.3 is 12.1 Å². The molecule has 1 aliphatic rings. The maximum absolute atomic E-state index is 12.4. The van der Waals surface area contributed by atoms with Crippen molar-refractivity contribution in [3.63, 3.8) is 0 Å². The third-order valence-electron chi connectivity index (χ3n) is 5.13. The van der Waals surface area contributed by atoms with Gasteiger partial charge in [-0.15, -0.1) is 0 Å². The molecule has 0 radical (unpaired) electrons. The van der Waals surface area contributed by atoms with Gasteiger partial charge in [0.15, 0.2) is 0 Å². The van der Waals surface area contributed by atoms with Crippen LogP contribution in [0.5, 0.6) is 0 Å². The van der Waals surface area contributed by atoms with E-state index in [1.807, 2.05) is 30.3 Å². The number of carbonyl (C=O) groups excluding carboxylic acids is 2. The summed E-state index contributed by atoms with van der Waals surface area (Å²) >= 11 is 1.71. The van der Waals surface area contributed by atoms with Crippen molar-refractivity contribution in [1.29, 1.82) is 0 Å². The molecule has 5 nitrogen and oxygen atoms in total. The number of alkyl carbamates (subject to hydrolysis) is 1. The molecule has 1 aliphatic carbocycles. The van der Waals surface area contributed by atoms with E-state index in [2.05, 4.69) is 32.2 Å². The average Bonchev–Trinajstić information content (AvgIpc) is 2.70. The lowest BCUT2D eigenvalue weighted by atomic mass is 9.82. The molecule has 1 amide bonds. The first-order valence-electron chi connectivity index (χ1n) is 10.3. The summed E-state index contributed by atoms with van der Waals surface area (Å²) in [4.78, 5) is 24.6. The van der Waals surface area contributed by atoms with Crippen LogP contribution in [0.25, 0.3) is 0 Å². The van der Waals surface area contributed by atoms with Gasteiger partial charge in [0, 0.05) is 11.0 Å². The fourth-order valence-corrected chi connectivity index (χ4v) is 5.12. The second-order valence-electron chi connectivity index (χ2n) is 7.77. The van der Waals surface area contributed by atoms with E-state index in [0.29, 0.717) is 22.8 Å². The molecule has 2 unspecified atom stereocenters. The zero-order chi connectivity index (χ0) is 21.2. The number of ether oxygens (including phenoxy) is 2. The van der Waals surface area contributed by atoms with Gasteiger partial charge in [-0.1, -0.05) is 55.8 Å².